The molecule has 0 fully saturated rings. The summed E-state index contributed by atoms with van der Waals surface area (Å²) in [6.45, 7) is 0. The van der Waals surface area contributed by atoms with Crippen LogP contribution in [-0.4, -0.2) is 22.2 Å². The summed E-state index contributed by atoms with van der Waals surface area (Å²) in [7, 11) is 0. The molecule has 2 rings (SSSR count). The largest absolute Gasteiger partial charge is 0.478 e. The van der Waals surface area contributed by atoms with E-state index in [1.54, 1.807) is 0 Å². The average Bonchev–Trinajstić information content (AvgIpc) is 2.41. The number of carbonyl (C=O) groups is 2. The average molecular weight is 212 g/mol. The molecule has 1 unspecified atom stereocenters. The number of halogens is 1. The Hall–Kier alpha value is -1.95. The van der Waals surface area contributed by atoms with Gasteiger partial charge in [0.15, 0.2) is 0 Å². The number of carboxylic acid groups (broad SMARTS) is 1. The topological polar surface area (TPSA) is 83.8 Å². The molecular weight excluding hydrogens is 207 g/mol. The first-order chi connectivity index (χ1) is 7.00. The van der Waals surface area contributed by atoms with Crippen LogP contribution in [0.15, 0.2) is 12.1 Å². The molecule has 0 radical (unpaired) electrons. The Balaban J connectivity index is 2.64. The lowest BCUT2D eigenvalue weighted by Crippen LogP contribution is -2.04. The summed E-state index contributed by atoms with van der Waals surface area (Å²) in [5, 5.41) is 17.8. The number of aromatic carboxylic acids is 1. The molecule has 15 heavy (non-hydrogen) atoms. The quantitative estimate of drug-likeness (QED) is 0.669. The van der Waals surface area contributed by atoms with E-state index in [4.69, 9.17) is 5.11 Å². The molecule has 0 aliphatic carbocycles. The third-order valence-corrected chi connectivity index (χ3v) is 2.07. The first kappa shape index (κ1) is 9.60. The van der Waals surface area contributed by atoms with Gasteiger partial charge in [-0.25, -0.2) is 14.0 Å². The lowest BCUT2D eigenvalue weighted by atomic mass is 10.0. The molecule has 0 saturated carbocycles. The Kier molecular flexibility index (Phi) is 1.94. The van der Waals surface area contributed by atoms with Crippen LogP contribution in [0.1, 0.15) is 32.6 Å². The minimum absolute atomic E-state index is 0.0289. The molecule has 5 nitrogen and oxygen atoms in total. The lowest BCUT2D eigenvalue weighted by Gasteiger charge is -2.02. The van der Waals surface area contributed by atoms with Gasteiger partial charge in [0.2, 0.25) is 6.29 Å². The first-order valence-corrected chi connectivity index (χ1v) is 3.96. The van der Waals surface area contributed by atoms with Gasteiger partial charge in [-0.05, 0) is 12.1 Å². The highest BCUT2D eigenvalue weighted by atomic mass is 19.1. The van der Waals surface area contributed by atoms with Gasteiger partial charge in [-0.3, -0.25) is 0 Å². The molecule has 1 atom stereocenters. The molecule has 1 aromatic carbocycles. The molecule has 1 aliphatic heterocycles. The maximum Gasteiger partial charge on any atom is 0.341 e. The summed E-state index contributed by atoms with van der Waals surface area (Å²) >= 11 is 0. The molecule has 0 aromatic heterocycles. The summed E-state index contributed by atoms with van der Waals surface area (Å²) in [5.41, 5.74) is -0.782. The van der Waals surface area contributed by atoms with Crippen molar-refractivity contribution in [2.45, 2.75) is 6.29 Å². The van der Waals surface area contributed by atoms with Crippen LogP contribution in [-0.2, 0) is 4.74 Å². The number of aliphatic hydroxyl groups excluding tert-OH is 1. The highest BCUT2D eigenvalue weighted by molar-refractivity contribution is 5.96. The fraction of sp³-hybridized carbons (Fsp3) is 0.111. The summed E-state index contributed by atoms with van der Waals surface area (Å²) < 4.78 is 17.5. The second-order valence-electron chi connectivity index (χ2n) is 2.98. The molecule has 2 N–H and O–H groups in total. The highest BCUT2D eigenvalue weighted by Crippen LogP contribution is 2.30. The molecular formula is C9H5FO5. The Morgan fingerprint density at radius 1 is 1.47 bits per heavy atom. The predicted octanol–water partition coefficient (Wildman–Crippen LogP) is 0.685. The van der Waals surface area contributed by atoms with Gasteiger partial charge in [-0.1, -0.05) is 0 Å². The van der Waals surface area contributed by atoms with Gasteiger partial charge in [0.25, 0.3) is 0 Å². The molecule has 1 heterocycles. The number of aliphatic hydroxyl groups is 1. The van der Waals surface area contributed by atoms with E-state index in [0.29, 0.717) is 0 Å². The van der Waals surface area contributed by atoms with Crippen molar-refractivity contribution in [1.82, 2.24) is 0 Å². The van der Waals surface area contributed by atoms with Gasteiger partial charge in [-0.15, -0.1) is 0 Å². The number of cyclic esters (lactones) is 1. The minimum Gasteiger partial charge on any atom is -0.478 e. The van der Waals surface area contributed by atoms with Crippen LogP contribution in [0.2, 0.25) is 0 Å². The second-order valence-corrected chi connectivity index (χ2v) is 2.98. The number of fused-ring (bicyclic) bond motifs is 1. The zero-order chi connectivity index (χ0) is 11.2. The van der Waals surface area contributed by atoms with E-state index in [0.717, 1.165) is 12.1 Å². The minimum atomic E-state index is -1.52. The van der Waals surface area contributed by atoms with E-state index < -0.39 is 29.6 Å². The molecule has 78 valence electrons. The van der Waals surface area contributed by atoms with Crippen LogP contribution in [0.5, 0.6) is 0 Å². The normalized spacial score (nSPS) is 18.5. The summed E-state index contributed by atoms with van der Waals surface area (Å²) in [5.74, 6) is -3.37. The van der Waals surface area contributed by atoms with E-state index in [-0.39, 0.29) is 11.1 Å². The smallest absolute Gasteiger partial charge is 0.341 e. The summed E-state index contributed by atoms with van der Waals surface area (Å²) in [6.07, 6.45) is -1.52. The number of ether oxygens (including phenoxy) is 1. The fourth-order valence-electron chi connectivity index (χ4n) is 1.36. The molecule has 0 saturated heterocycles. The highest BCUT2D eigenvalue weighted by Gasteiger charge is 2.32. The van der Waals surface area contributed by atoms with Crippen molar-refractivity contribution < 1.29 is 28.9 Å². The van der Waals surface area contributed by atoms with Crippen molar-refractivity contribution >= 4 is 11.9 Å². The monoisotopic (exact) mass is 212 g/mol. The number of carbonyl (C=O) groups excluding carboxylic acids is 1. The van der Waals surface area contributed by atoms with Crippen molar-refractivity contribution in [2.24, 2.45) is 0 Å². The number of hydrogen-bond donors (Lipinski definition) is 2. The molecule has 6 heteroatoms. The summed E-state index contributed by atoms with van der Waals surface area (Å²) in [4.78, 5) is 21.6. The Morgan fingerprint density at radius 2 is 2.13 bits per heavy atom. The first-order valence-electron chi connectivity index (χ1n) is 3.96. The van der Waals surface area contributed by atoms with Gasteiger partial charge < -0.3 is 14.9 Å². The number of hydrogen-bond acceptors (Lipinski definition) is 4. The van der Waals surface area contributed by atoms with Gasteiger partial charge in [0.1, 0.15) is 5.82 Å². The van der Waals surface area contributed by atoms with Crippen molar-refractivity contribution in [1.29, 1.82) is 0 Å². The number of benzene rings is 1. The molecule has 0 bridgehead atoms. The van der Waals surface area contributed by atoms with Crippen LogP contribution < -0.4 is 0 Å². The molecule has 1 aliphatic rings. The Morgan fingerprint density at radius 3 is 2.73 bits per heavy atom. The Labute approximate surface area is 82.7 Å². The zero-order valence-corrected chi connectivity index (χ0v) is 7.23. The van der Waals surface area contributed by atoms with Gasteiger partial charge >= 0.3 is 11.9 Å². The van der Waals surface area contributed by atoms with Crippen molar-refractivity contribution in [3.05, 3.63) is 34.6 Å². The van der Waals surface area contributed by atoms with Crippen molar-refractivity contribution in [3.8, 4) is 0 Å². The maximum atomic E-state index is 13.1. The van der Waals surface area contributed by atoms with Gasteiger partial charge in [-0.2, -0.15) is 0 Å². The van der Waals surface area contributed by atoms with Crippen LogP contribution >= 0.6 is 0 Å². The lowest BCUT2D eigenvalue weighted by molar-refractivity contribution is -0.0547. The van der Waals surface area contributed by atoms with Crippen molar-refractivity contribution in [2.75, 3.05) is 0 Å². The molecule has 0 amide bonds. The van der Waals surface area contributed by atoms with Gasteiger partial charge in [0.05, 0.1) is 11.1 Å². The van der Waals surface area contributed by atoms with E-state index in [2.05, 4.69) is 4.74 Å². The van der Waals surface area contributed by atoms with E-state index in [1.807, 2.05) is 0 Å². The molecule has 0 spiro atoms. The van der Waals surface area contributed by atoms with E-state index in [1.165, 1.54) is 0 Å². The third-order valence-electron chi connectivity index (χ3n) is 2.07. The zero-order valence-electron chi connectivity index (χ0n) is 7.23. The Bertz CT molecular complexity index is 468. The predicted molar refractivity (Wildman–Crippen MR) is 43.7 cm³/mol. The van der Waals surface area contributed by atoms with Crippen LogP contribution in [0.3, 0.4) is 0 Å². The van der Waals surface area contributed by atoms with E-state index >= 15 is 0 Å². The summed E-state index contributed by atoms with van der Waals surface area (Å²) in [6, 6.07) is 1.64. The fourth-order valence-corrected chi connectivity index (χ4v) is 1.36. The standard InChI is InChI=1S/C9H5FO5/c10-6-2-4-3(1-5(6)7(11)12)8(13)15-9(4)14/h1-2,8,13H,(H,11,12). The maximum absolute atomic E-state index is 13.1. The van der Waals surface area contributed by atoms with Crippen LogP contribution in [0, 0.1) is 5.82 Å². The number of carboxylic acids is 1. The van der Waals surface area contributed by atoms with E-state index in [9.17, 15) is 19.1 Å². The van der Waals surface area contributed by atoms with Gasteiger partial charge in [0, 0.05) is 5.56 Å². The third kappa shape index (κ3) is 1.35. The van der Waals surface area contributed by atoms with Crippen LogP contribution in [0.25, 0.3) is 0 Å². The number of esters is 1. The molecule has 1 aromatic rings. The van der Waals surface area contributed by atoms with Crippen LogP contribution in [0.4, 0.5) is 4.39 Å². The number of rotatable bonds is 1. The SMILES string of the molecule is O=C(O)c1cc2c(cc1F)C(=O)OC2O. The van der Waals surface area contributed by atoms with Crippen molar-refractivity contribution in [3.63, 3.8) is 0 Å². The second kappa shape index (κ2) is 3.03.